The quantitative estimate of drug-likeness (QED) is 0.822. The van der Waals surface area contributed by atoms with Gasteiger partial charge in [0, 0.05) is 5.56 Å². The monoisotopic (exact) mass is 265 g/mol. The van der Waals surface area contributed by atoms with Crippen LogP contribution in [0.25, 0.3) is 0 Å². The van der Waals surface area contributed by atoms with Gasteiger partial charge in [-0.2, -0.15) is 13.2 Å². The van der Waals surface area contributed by atoms with E-state index in [0.717, 1.165) is 12.1 Å². The van der Waals surface area contributed by atoms with Crippen LogP contribution in [0.3, 0.4) is 0 Å². The Labute approximate surface area is 102 Å². The van der Waals surface area contributed by atoms with Gasteiger partial charge in [0.05, 0.1) is 17.7 Å². The van der Waals surface area contributed by atoms with Gasteiger partial charge >= 0.3 is 6.18 Å². The SMILES string of the molecule is CCC[C@@H](O)[C@@H](N)c1ccc(C(F)(F)F)cc1F. The highest BCUT2D eigenvalue weighted by Crippen LogP contribution is 2.31. The van der Waals surface area contributed by atoms with Gasteiger partial charge in [0.2, 0.25) is 0 Å². The van der Waals surface area contributed by atoms with Gasteiger partial charge in [-0.25, -0.2) is 4.39 Å². The summed E-state index contributed by atoms with van der Waals surface area (Å²) in [6.07, 6.45) is -4.55. The van der Waals surface area contributed by atoms with Crippen molar-refractivity contribution in [3.63, 3.8) is 0 Å². The number of hydrogen-bond donors (Lipinski definition) is 2. The second kappa shape index (κ2) is 5.67. The summed E-state index contributed by atoms with van der Waals surface area (Å²) >= 11 is 0. The maximum atomic E-state index is 13.5. The summed E-state index contributed by atoms with van der Waals surface area (Å²) in [6.45, 7) is 1.82. The van der Waals surface area contributed by atoms with Crippen LogP contribution in [0.5, 0.6) is 0 Å². The molecule has 0 aliphatic rings. The molecule has 0 saturated heterocycles. The molecule has 0 bridgehead atoms. The largest absolute Gasteiger partial charge is 0.416 e. The molecule has 0 aromatic heterocycles. The number of alkyl halides is 3. The van der Waals surface area contributed by atoms with Crippen molar-refractivity contribution in [3.05, 3.63) is 35.1 Å². The molecule has 1 rings (SSSR count). The Morgan fingerprint density at radius 1 is 1.33 bits per heavy atom. The van der Waals surface area contributed by atoms with Crippen LogP contribution >= 0.6 is 0 Å². The highest BCUT2D eigenvalue weighted by Gasteiger charge is 2.32. The minimum Gasteiger partial charge on any atom is -0.391 e. The molecule has 0 unspecified atom stereocenters. The van der Waals surface area contributed by atoms with Crippen LogP contribution in [-0.2, 0) is 6.18 Å². The minimum absolute atomic E-state index is 0.107. The molecule has 0 heterocycles. The van der Waals surface area contributed by atoms with E-state index in [-0.39, 0.29) is 5.56 Å². The van der Waals surface area contributed by atoms with Gasteiger partial charge in [-0.3, -0.25) is 0 Å². The van der Waals surface area contributed by atoms with E-state index in [1.807, 2.05) is 6.92 Å². The average molecular weight is 265 g/mol. The summed E-state index contributed by atoms with van der Waals surface area (Å²) in [5.74, 6) is -1.05. The maximum absolute atomic E-state index is 13.5. The fraction of sp³-hybridized carbons (Fsp3) is 0.500. The first kappa shape index (κ1) is 14.9. The molecule has 3 N–H and O–H groups in total. The lowest BCUT2D eigenvalue weighted by Crippen LogP contribution is -2.27. The smallest absolute Gasteiger partial charge is 0.391 e. The van der Waals surface area contributed by atoms with E-state index in [9.17, 15) is 22.7 Å². The topological polar surface area (TPSA) is 46.2 Å². The van der Waals surface area contributed by atoms with Crippen molar-refractivity contribution in [2.75, 3.05) is 0 Å². The van der Waals surface area contributed by atoms with Crippen LogP contribution in [0.4, 0.5) is 17.6 Å². The fourth-order valence-corrected chi connectivity index (χ4v) is 1.66. The molecule has 0 amide bonds. The molecule has 1 aromatic carbocycles. The standard InChI is InChI=1S/C12H15F4NO/c1-2-3-10(18)11(17)8-5-4-7(6-9(8)13)12(14,15)16/h4-6,10-11,18H,2-3,17H2,1H3/t10-,11+/m1/s1. The van der Waals surface area contributed by atoms with Crippen molar-refractivity contribution in [1.82, 2.24) is 0 Å². The van der Waals surface area contributed by atoms with Crippen molar-refractivity contribution in [2.24, 2.45) is 5.73 Å². The van der Waals surface area contributed by atoms with Gasteiger partial charge in [0.25, 0.3) is 0 Å². The first-order valence-corrected chi connectivity index (χ1v) is 5.57. The second-order valence-corrected chi connectivity index (χ2v) is 4.12. The molecule has 0 saturated carbocycles. The van der Waals surface area contributed by atoms with Gasteiger partial charge < -0.3 is 10.8 Å². The normalized spacial score (nSPS) is 15.5. The predicted octanol–water partition coefficient (Wildman–Crippen LogP) is 3.01. The van der Waals surface area contributed by atoms with Crippen LogP contribution in [0, 0.1) is 5.82 Å². The van der Waals surface area contributed by atoms with E-state index in [2.05, 4.69) is 0 Å². The second-order valence-electron chi connectivity index (χ2n) is 4.12. The molecule has 6 heteroatoms. The van der Waals surface area contributed by atoms with Crippen molar-refractivity contribution in [1.29, 1.82) is 0 Å². The minimum atomic E-state index is -4.59. The molecule has 0 aliphatic heterocycles. The molecule has 18 heavy (non-hydrogen) atoms. The van der Waals surface area contributed by atoms with E-state index in [1.165, 1.54) is 0 Å². The van der Waals surface area contributed by atoms with Gasteiger partial charge in [-0.15, -0.1) is 0 Å². The third-order valence-corrected chi connectivity index (χ3v) is 2.69. The highest BCUT2D eigenvalue weighted by atomic mass is 19.4. The zero-order valence-electron chi connectivity index (χ0n) is 9.84. The van der Waals surface area contributed by atoms with Crippen LogP contribution in [0.15, 0.2) is 18.2 Å². The van der Waals surface area contributed by atoms with Gasteiger partial charge in [-0.05, 0) is 18.6 Å². The lowest BCUT2D eigenvalue weighted by Gasteiger charge is -2.19. The Balaban J connectivity index is 2.99. The maximum Gasteiger partial charge on any atom is 0.416 e. The van der Waals surface area contributed by atoms with E-state index in [4.69, 9.17) is 5.73 Å². The first-order valence-electron chi connectivity index (χ1n) is 5.57. The summed E-state index contributed by atoms with van der Waals surface area (Å²) in [6, 6.07) is 1.11. The summed E-state index contributed by atoms with van der Waals surface area (Å²) < 4.78 is 50.5. The molecule has 0 spiro atoms. The summed E-state index contributed by atoms with van der Waals surface area (Å²) in [5.41, 5.74) is 4.44. The van der Waals surface area contributed by atoms with E-state index < -0.39 is 29.7 Å². The van der Waals surface area contributed by atoms with Crippen molar-refractivity contribution < 1.29 is 22.7 Å². The number of benzene rings is 1. The summed E-state index contributed by atoms with van der Waals surface area (Å²) in [7, 11) is 0. The zero-order valence-corrected chi connectivity index (χ0v) is 9.84. The molecular weight excluding hydrogens is 250 g/mol. The Morgan fingerprint density at radius 2 is 1.94 bits per heavy atom. The number of rotatable bonds is 4. The lowest BCUT2D eigenvalue weighted by atomic mass is 9.97. The summed E-state index contributed by atoms with van der Waals surface area (Å²) in [4.78, 5) is 0. The Hall–Kier alpha value is -1.14. The van der Waals surface area contributed by atoms with Crippen molar-refractivity contribution >= 4 is 0 Å². The van der Waals surface area contributed by atoms with E-state index >= 15 is 0 Å². The van der Waals surface area contributed by atoms with Crippen LogP contribution in [-0.4, -0.2) is 11.2 Å². The van der Waals surface area contributed by atoms with Gasteiger partial charge in [0.1, 0.15) is 5.82 Å². The molecule has 2 atom stereocenters. The zero-order chi connectivity index (χ0) is 13.9. The lowest BCUT2D eigenvalue weighted by molar-refractivity contribution is -0.137. The number of hydrogen-bond acceptors (Lipinski definition) is 2. The first-order chi connectivity index (χ1) is 8.27. The van der Waals surface area contributed by atoms with Gasteiger partial charge in [0.15, 0.2) is 0 Å². The predicted molar refractivity (Wildman–Crippen MR) is 59.2 cm³/mol. The summed E-state index contributed by atoms with van der Waals surface area (Å²) in [5, 5.41) is 9.61. The molecule has 1 aromatic rings. The Morgan fingerprint density at radius 3 is 2.39 bits per heavy atom. The number of aliphatic hydroxyl groups is 1. The third kappa shape index (κ3) is 3.43. The Bertz CT molecular complexity index is 406. The molecule has 2 nitrogen and oxygen atoms in total. The number of aliphatic hydroxyl groups excluding tert-OH is 1. The van der Waals surface area contributed by atoms with E-state index in [0.29, 0.717) is 18.9 Å². The molecule has 0 radical (unpaired) electrons. The van der Waals surface area contributed by atoms with Crippen molar-refractivity contribution in [2.45, 2.75) is 38.1 Å². The molecular formula is C12H15F4NO. The molecule has 102 valence electrons. The third-order valence-electron chi connectivity index (χ3n) is 2.69. The van der Waals surface area contributed by atoms with E-state index in [1.54, 1.807) is 0 Å². The van der Waals surface area contributed by atoms with Crippen LogP contribution in [0.1, 0.15) is 36.9 Å². The van der Waals surface area contributed by atoms with Crippen LogP contribution in [0.2, 0.25) is 0 Å². The fourth-order valence-electron chi connectivity index (χ4n) is 1.66. The van der Waals surface area contributed by atoms with Crippen LogP contribution < -0.4 is 5.73 Å². The Kier molecular flexibility index (Phi) is 4.70. The molecule has 0 aliphatic carbocycles. The number of nitrogens with two attached hydrogens (primary N) is 1. The molecule has 0 fully saturated rings. The van der Waals surface area contributed by atoms with Gasteiger partial charge in [-0.1, -0.05) is 19.4 Å². The highest BCUT2D eigenvalue weighted by molar-refractivity contribution is 5.29. The van der Waals surface area contributed by atoms with Crippen molar-refractivity contribution in [3.8, 4) is 0 Å². The number of halogens is 4. The average Bonchev–Trinajstić information content (AvgIpc) is 2.27.